The van der Waals surface area contributed by atoms with Gasteiger partial charge in [-0.15, -0.1) is 0 Å². The van der Waals surface area contributed by atoms with Gasteiger partial charge in [-0.25, -0.2) is 4.79 Å². The van der Waals surface area contributed by atoms with Crippen molar-refractivity contribution in [1.29, 1.82) is 0 Å². The van der Waals surface area contributed by atoms with Crippen molar-refractivity contribution in [3.05, 3.63) is 66.0 Å². The van der Waals surface area contributed by atoms with E-state index in [0.29, 0.717) is 12.2 Å². The van der Waals surface area contributed by atoms with Crippen molar-refractivity contribution in [3.8, 4) is 0 Å². The maximum absolute atomic E-state index is 12.5. The van der Waals surface area contributed by atoms with Crippen molar-refractivity contribution in [3.63, 3.8) is 0 Å². The number of aromatic nitrogens is 1. The third-order valence-corrected chi connectivity index (χ3v) is 4.39. The Morgan fingerprint density at radius 1 is 1.12 bits per heavy atom. The molecule has 0 saturated heterocycles. The number of amides is 1. The third-order valence-electron chi connectivity index (χ3n) is 4.39. The van der Waals surface area contributed by atoms with E-state index in [0.717, 1.165) is 24.8 Å². The first-order valence-electron chi connectivity index (χ1n) is 9.03. The van der Waals surface area contributed by atoms with E-state index in [1.807, 2.05) is 32.0 Å². The molecule has 2 aromatic rings. The van der Waals surface area contributed by atoms with Gasteiger partial charge >= 0.3 is 5.97 Å². The summed E-state index contributed by atoms with van der Waals surface area (Å²) in [5.41, 5.74) is 1.69. The van der Waals surface area contributed by atoms with E-state index in [9.17, 15) is 9.59 Å². The van der Waals surface area contributed by atoms with Crippen molar-refractivity contribution >= 4 is 11.9 Å². The molecule has 0 bridgehead atoms. The number of hydrogen-bond acceptors (Lipinski definition) is 4. The Labute approximate surface area is 154 Å². The van der Waals surface area contributed by atoms with Gasteiger partial charge in [0.25, 0.3) is 5.91 Å². The van der Waals surface area contributed by atoms with Gasteiger partial charge in [0.05, 0.1) is 6.61 Å². The van der Waals surface area contributed by atoms with Gasteiger partial charge in [-0.05, 0) is 48.6 Å². The summed E-state index contributed by atoms with van der Waals surface area (Å²) in [5.74, 6) is -0.640. The predicted octanol–water partition coefficient (Wildman–Crippen LogP) is 3.40. The third kappa shape index (κ3) is 5.99. The number of hydrogen-bond donors (Lipinski definition) is 1. The highest BCUT2D eigenvalue weighted by Crippen LogP contribution is 2.12. The molecule has 0 aliphatic rings. The molecule has 138 valence electrons. The number of aryl methyl sites for hydroxylation is 1. The van der Waals surface area contributed by atoms with Crippen LogP contribution in [0.4, 0.5) is 0 Å². The minimum atomic E-state index is -0.645. The molecular formula is C21H26N2O3. The van der Waals surface area contributed by atoms with Gasteiger partial charge in [0, 0.05) is 18.0 Å². The van der Waals surface area contributed by atoms with E-state index in [-0.39, 0.29) is 17.8 Å². The number of pyridine rings is 1. The van der Waals surface area contributed by atoms with Crippen LogP contribution in [0.5, 0.6) is 0 Å². The van der Waals surface area contributed by atoms with E-state index in [1.165, 1.54) is 0 Å². The smallest absolute Gasteiger partial charge is 0.328 e. The first-order chi connectivity index (χ1) is 12.6. The van der Waals surface area contributed by atoms with Crippen molar-refractivity contribution in [1.82, 2.24) is 10.3 Å². The molecule has 0 aliphatic carbocycles. The van der Waals surface area contributed by atoms with Crippen LogP contribution < -0.4 is 5.32 Å². The highest BCUT2D eigenvalue weighted by molar-refractivity contribution is 5.96. The molecule has 1 N–H and O–H groups in total. The molecule has 0 aliphatic heterocycles. The van der Waals surface area contributed by atoms with Gasteiger partial charge in [-0.3, -0.25) is 9.78 Å². The quantitative estimate of drug-likeness (QED) is 0.553. The normalized spacial score (nSPS) is 12.8. The van der Waals surface area contributed by atoms with E-state index >= 15 is 0 Å². The fraction of sp³-hybridized carbons (Fsp3) is 0.381. The molecule has 0 spiro atoms. The maximum Gasteiger partial charge on any atom is 0.328 e. The molecule has 0 radical (unpaired) electrons. The lowest BCUT2D eigenvalue weighted by Crippen LogP contribution is -2.46. The predicted molar refractivity (Wildman–Crippen MR) is 101 cm³/mol. The summed E-state index contributed by atoms with van der Waals surface area (Å²) in [4.78, 5) is 28.8. The molecule has 1 aromatic carbocycles. The summed E-state index contributed by atoms with van der Waals surface area (Å²) in [5, 5.41) is 2.82. The zero-order valence-electron chi connectivity index (χ0n) is 15.4. The zero-order chi connectivity index (χ0) is 18.8. The molecular weight excluding hydrogens is 328 g/mol. The van der Waals surface area contributed by atoms with Crippen LogP contribution in [-0.2, 0) is 16.0 Å². The van der Waals surface area contributed by atoms with Crippen LogP contribution in [0.25, 0.3) is 0 Å². The molecule has 1 heterocycles. The van der Waals surface area contributed by atoms with Crippen LogP contribution in [0, 0.1) is 5.92 Å². The Balaban J connectivity index is 1.87. The summed E-state index contributed by atoms with van der Waals surface area (Å²) >= 11 is 0. The number of carbonyl (C=O) groups excluding carboxylic acids is 2. The molecule has 2 atom stereocenters. The van der Waals surface area contributed by atoms with Crippen molar-refractivity contribution in [2.75, 3.05) is 6.61 Å². The molecule has 1 aromatic heterocycles. The summed E-state index contributed by atoms with van der Waals surface area (Å²) in [6.07, 6.45) is 5.82. The Morgan fingerprint density at radius 2 is 1.81 bits per heavy atom. The number of nitrogens with one attached hydrogen (secondary N) is 1. The SMILES string of the molecule is CCC(C)C(NC(=O)c1ccccc1)C(=O)OCCCc1ccncc1. The van der Waals surface area contributed by atoms with Gasteiger partial charge in [-0.2, -0.15) is 0 Å². The van der Waals surface area contributed by atoms with Crippen molar-refractivity contribution in [2.24, 2.45) is 5.92 Å². The number of rotatable bonds is 9. The number of nitrogens with zero attached hydrogens (tertiary/aromatic N) is 1. The molecule has 0 saturated carbocycles. The molecule has 1 amide bonds. The van der Waals surface area contributed by atoms with Gasteiger partial charge in [0.2, 0.25) is 0 Å². The second kappa shape index (κ2) is 10.3. The lowest BCUT2D eigenvalue weighted by Gasteiger charge is -2.22. The minimum absolute atomic E-state index is 0.00430. The molecule has 26 heavy (non-hydrogen) atoms. The van der Waals surface area contributed by atoms with E-state index in [1.54, 1.807) is 36.7 Å². The van der Waals surface area contributed by atoms with Crippen LogP contribution in [0.2, 0.25) is 0 Å². The van der Waals surface area contributed by atoms with Gasteiger partial charge in [-0.1, -0.05) is 38.5 Å². The van der Waals surface area contributed by atoms with E-state index in [2.05, 4.69) is 10.3 Å². The second-order valence-corrected chi connectivity index (χ2v) is 6.33. The number of ether oxygens (including phenoxy) is 1. The van der Waals surface area contributed by atoms with Crippen LogP contribution in [0.3, 0.4) is 0 Å². The lowest BCUT2D eigenvalue weighted by atomic mass is 9.98. The maximum atomic E-state index is 12.5. The highest BCUT2D eigenvalue weighted by Gasteiger charge is 2.27. The standard InChI is InChI=1S/C21H26N2O3/c1-3-16(2)19(23-20(24)18-9-5-4-6-10-18)21(25)26-15-7-8-17-11-13-22-14-12-17/h4-6,9-14,16,19H,3,7-8,15H2,1-2H3,(H,23,24). The summed E-state index contributed by atoms with van der Waals surface area (Å²) in [6.45, 7) is 4.26. The Kier molecular flexibility index (Phi) is 7.80. The fourth-order valence-corrected chi connectivity index (χ4v) is 2.57. The Morgan fingerprint density at radius 3 is 2.46 bits per heavy atom. The van der Waals surface area contributed by atoms with E-state index < -0.39 is 6.04 Å². The number of carbonyl (C=O) groups is 2. The molecule has 2 unspecified atom stereocenters. The monoisotopic (exact) mass is 354 g/mol. The van der Waals surface area contributed by atoms with E-state index in [4.69, 9.17) is 4.74 Å². The average molecular weight is 354 g/mol. The summed E-state index contributed by atoms with van der Waals surface area (Å²) in [7, 11) is 0. The summed E-state index contributed by atoms with van der Waals surface area (Å²) < 4.78 is 5.42. The van der Waals surface area contributed by atoms with Gasteiger partial charge < -0.3 is 10.1 Å². The topological polar surface area (TPSA) is 68.3 Å². The van der Waals surface area contributed by atoms with Gasteiger partial charge in [0.1, 0.15) is 6.04 Å². The molecule has 5 nitrogen and oxygen atoms in total. The Hall–Kier alpha value is -2.69. The Bertz CT molecular complexity index is 689. The highest BCUT2D eigenvalue weighted by atomic mass is 16.5. The lowest BCUT2D eigenvalue weighted by molar-refractivity contribution is -0.147. The second-order valence-electron chi connectivity index (χ2n) is 6.33. The van der Waals surface area contributed by atoms with Crippen LogP contribution >= 0.6 is 0 Å². The number of benzene rings is 1. The largest absolute Gasteiger partial charge is 0.464 e. The number of esters is 1. The fourth-order valence-electron chi connectivity index (χ4n) is 2.57. The van der Waals surface area contributed by atoms with Crippen LogP contribution in [-0.4, -0.2) is 29.5 Å². The molecule has 2 rings (SSSR count). The van der Waals surface area contributed by atoms with Gasteiger partial charge in [0.15, 0.2) is 0 Å². The first kappa shape index (κ1) is 19.6. The average Bonchev–Trinajstić information content (AvgIpc) is 2.70. The van der Waals surface area contributed by atoms with Crippen LogP contribution in [0.1, 0.15) is 42.6 Å². The zero-order valence-corrected chi connectivity index (χ0v) is 15.4. The van der Waals surface area contributed by atoms with Crippen molar-refractivity contribution in [2.45, 2.75) is 39.2 Å². The minimum Gasteiger partial charge on any atom is -0.464 e. The van der Waals surface area contributed by atoms with Crippen LogP contribution in [0.15, 0.2) is 54.9 Å². The summed E-state index contributed by atoms with van der Waals surface area (Å²) in [6, 6.07) is 12.1. The molecule has 0 fully saturated rings. The molecule has 5 heteroatoms. The van der Waals surface area contributed by atoms with Crippen molar-refractivity contribution < 1.29 is 14.3 Å². The first-order valence-corrected chi connectivity index (χ1v) is 9.03.